The lowest BCUT2D eigenvalue weighted by Crippen LogP contribution is -2.50. The number of carboxylic acids is 1. The molecule has 9 aliphatic rings. The third-order valence-corrected chi connectivity index (χ3v) is 30.8. The first-order chi connectivity index (χ1) is 76.1. The summed E-state index contributed by atoms with van der Waals surface area (Å²) in [6, 6.07) is 13.7. The van der Waals surface area contributed by atoms with Crippen molar-refractivity contribution in [1.29, 1.82) is 0 Å². The van der Waals surface area contributed by atoms with Crippen LogP contribution in [0.2, 0.25) is 10.3 Å². The number of aliphatic carboxylic acids is 1. The number of benzene rings is 3. The Bertz CT molecular complexity index is 5710. The molecule has 33 heteroatoms. The van der Waals surface area contributed by atoms with E-state index in [4.69, 9.17) is 106 Å². The maximum atomic E-state index is 14.8. The zero-order valence-corrected chi connectivity index (χ0v) is 90.3. The van der Waals surface area contributed by atoms with Crippen LogP contribution in [0.15, 0.2) is 99.1 Å². The molecule has 0 unspecified atom stereocenters. The van der Waals surface area contributed by atoms with Gasteiger partial charge in [-0.15, -0.1) is 19.7 Å². The van der Waals surface area contributed by atoms with Gasteiger partial charge < -0.3 is 77.1 Å². The molecule has 6 aliphatic carbocycles. The SMILES string of the molecule is C.C.C.C=CCCC[C@@H]1C[C@H]1OC(=O)C[C@H](C(=O)N1C[C@H](Oc2nc3cc(OC)ccc3nc2C=C)[C@@H](C)[C@H]1C(=O)OC(C)(C)C)C1(C)CCCC1.C=CCCC[C@@H]1C[C@H]1OC(=O)C[C@H](C(=O)N1C[C@H](Oc2nc3cc(OC)ccc3nc2Cl)[C@@H](C)[C@H]1C(=O)OC(C)(C)C)C1(C)CCCC1.C=CCCC[C@@H]1C[C@H]1OC(=O)C[C@H](C(=O)O)C1(C)CCCC1.COc1ccc2nc(Cl)c(O[C@H]3CN[C@H](C(=O)OC(C)(C)C)[C@@H]3C)nc2c1.[2H][2H].[2H][2H].[2H][2H].[2H][2H].[2H][2H].[2H][2H].[2H][2H]. The van der Waals surface area contributed by atoms with E-state index in [1.807, 2.05) is 78.8 Å². The number of fused-ring (bicyclic) bond motifs is 3. The first kappa shape index (κ1) is 111. The summed E-state index contributed by atoms with van der Waals surface area (Å²) in [6.45, 7) is 44.1. The van der Waals surface area contributed by atoms with Gasteiger partial charge in [0.25, 0.3) is 11.8 Å². The third kappa shape index (κ3) is 32.4. The lowest BCUT2D eigenvalue weighted by Gasteiger charge is -2.37. The molecule has 3 aromatic carbocycles. The van der Waals surface area contributed by atoms with Gasteiger partial charge in [-0.05, 0) is 254 Å². The molecule has 9 fully saturated rings. The number of carbonyl (C=O) groups is 9. The second-order valence-electron chi connectivity index (χ2n) is 45.1. The molecule has 0 radical (unpaired) electrons. The van der Waals surface area contributed by atoms with Crippen LogP contribution >= 0.6 is 23.2 Å². The molecule has 836 valence electrons. The Morgan fingerprint density at radius 3 is 1.09 bits per heavy atom. The smallest absolute Gasteiger partial charge is 0.329 e. The van der Waals surface area contributed by atoms with E-state index in [0.29, 0.717) is 80.3 Å². The van der Waals surface area contributed by atoms with Gasteiger partial charge in [0.1, 0.15) is 94.5 Å². The third-order valence-electron chi connectivity index (χ3n) is 30.4. The van der Waals surface area contributed by atoms with Crippen molar-refractivity contribution in [3.05, 3.63) is 115 Å². The molecule has 3 aliphatic heterocycles. The number of aromatic nitrogens is 6. The normalized spacial score (nSPS) is 24.9. The van der Waals surface area contributed by atoms with Gasteiger partial charge in [0.15, 0.2) is 10.3 Å². The average molecular weight is 2140 g/mol. The van der Waals surface area contributed by atoms with Crippen LogP contribution in [0.4, 0.5) is 0 Å². The number of rotatable bonds is 40. The number of methoxy groups -OCH3 is 3. The minimum atomic E-state index is -0.935. The van der Waals surface area contributed by atoms with Gasteiger partial charge >= 0.3 is 41.8 Å². The maximum absolute atomic E-state index is 14.8. The molecule has 15 rings (SSSR count). The van der Waals surface area contributed by atoms with Crippen LogP contribution in [-0.2, 0) is 71.6 Å². The molecule has 2 amide bonds. The van der Waals surface area contributed by atoms with Crippen LogP contribution in [0.25, 0.3) is 39.2 Å². The van der Waals surface area contributed by atoms with Gasteiger partial charge in [-0.1, -0.05) is 150 Å². The number of carbonyl (C=O) groups excluding carboxylic acids is 8. The molecule has 0 spiro atoms. The van der Waals surface area contributed by atoms with Crippen molar-refractivity contribution >= 4 is 116 Å². The summed E-state index contributed by atoms with van der Waals surface area (Å²) in [5, 5.41) is 12.9. The molecule has 149 heavy (non-hydrogen) atoms. The van der Waals surface area contributed by atoms with Crippen molar-refractivity contribution in [1.82, 2.24) is 45.0 Å². The fourth-order valence-corrected chi connectivity index (χ4v) is 21.9. The van der Waals surface area contributed by atoms with E-state index in [1.54, 1.807) is 121 Å². The van der Waals surface area contributed by atoms with Crippen LogP contribution in [0.3, 0.4) is 0 Å². The Morgan fingerprint density at radius 1 is 0.450 bits per heavy atom. The van der Waals surface area contributed by atoms with Gasteiger partial charge in [-0.2, -0.15) is 0 Å². The van der Waals surface area contributed by atoms with Crippen LogP contribution in [-0.4, -0.2) is 211 Å². The first-order valence-corrected chi connectivity index (χ1v) is 53.1. The zero-order valence-electron chi connectivity index (χ0n) is 103. The van der Waals surface area contributed by atoms with E-state index in [0.717, 1.165) is 154 Å². The highest BCUT2D eigenvalue weighted by Crippen LogP contribution is 2.53. The standard InChI is InChI=1S/C39H53N3O7.C37H50ClN3O7.C19H24ClN3O4.C18H28O4.3CH4.7H2/c1-9-11-12-15-25-20-31(25)47-33(43)22-27(39(7)18-13-14-19-39)36(44)42-23-32(24(3)34(42)37(45)49-38(4,5)6)48-35-28(10-2)40-29-17-16-26(46-8)21-30(29)41-35;1-8-9-10-13-23-18-28(23)46-30(42)20-25(37(6)16-11-12-17-37)34(43)41-21-29(22(2)31(41)35(44)48-36(3,4)5)47-33-32(38)39-26-15-14-24(45-7)19-27(26)40-33;1-10-14(9-21-15(10)18(24)27-19(2,3)4)26-17-16(20)22-12-7-6-11(25-5)8-13(12)23-17;1-3-4-5-8-13-11-15(13)22-16(19)12-14(17(20)21)18(2)9-6-7-10-18;;;;;;;;;;/h9-10,16-17,21,24-25,27,31-32,34H,1-2,11-15,18-20,22-23H2,3-8H3;8,14-15,19,22-23,25,28-29,31H,1,9-13,16-18,20-21H2,2-7H3;6-8,10,14-15,21H,9H2,1-5H3;3,13-15H,1,4-12H2,2H3,(H,20,21);3*1H4;7*1H/t24-,25-,27-,31-,32+,34+;22-,23-,25-,28-,29+,31+;10-,14+,15+;13-,14-,15-;;;;;;;;;;/m1111........../s1/i;;;;;;;7*1+1D. The Balaban J connectivity index is 0.000000731. The number of likely N-dealkylation sites (tertiary alicyclic amines) is 2. The fraction of sp³-hybridized carbons (Fsp3) is 0.647. The van der Waals surface area contributed by atoms with Crippen molar-refractivity contribution in [2.24, 2.45) is 69.5 Å². The Labute approximate surface area is 914 Å². The molecule has 3 saturated heterocycles. The molecule has 3 aromatic heterocycles. The minimum Gasteiger partial charge on any atom is -0.497 e. The zero-order chi connectivity index (χ0) is 120. The predicted octanol–water partition coefficient (Wildman–Crippen LogP) is 24.8. The number of nitrogens with zero attached hydrogens (tertiary/aromatic N) is 8. The first-order valence-electron chi connectivity index (χ1n) is 59.3. The molecule has 6 saturated carbocycles. The number of hydrogen-bond acceptors (Lipinski definition) is 28. The van der Waals surface area contributed by atoms with Crippen LogP contribution in [0.1, 0.15) is 326 Å². The number of nitrogens with one attached hydrogen (secondary N) is 1. The van der Waals surface area contributed by atoms with E-state index in [-0.39, 0.29) is 154 Å². The highest BCUT2D eigenvalue weighted by atomic mass is 35.5. The van der Waals surface area contributed by atoms with E-state index in [2.05, 4.69) is 70.4 Å². The van der Waals surface area contributed by atoms with Crippen molar-refractivity contribution in [2.45, 2.75) is 371 Å². The van der Waals surface area contributed by atoms with Gasteiger partial charge in [0.05, 0.1) is 105 Å². The van der Waals surface area contributed by atoms with Gasteiger partial charge in [-0.3, -0.25) is 33.6 Å². The molecular formula is C116H181Cl2N9O22. The maximum Gasteiger partial charge on any atom is 0.329 e. The summed E-state index contributed by atoms with van der Waals surface area (Å²) in [7, 11) is 4.74. The molecule has 6 aromatic rings. The largest absolute Gasteiger partial charge is 0.497 e. The number of carboxylic acid groups (broad SMARTS) is 1. The van der Waals surface area contributed by atoms with Crippen molar-refractivity contribution in [2.75, 3.05) is 41.0 Å². The number of amides is 2. The Kier molecular flexibility index (Phi) is 39.4. The molecule has 18 atom stereocenters. The molecule has 6 heterocycles. The van der Waals surface area contributed by atoms with E-state index >= 15 is 0 Å². The molecule has 31 nitrogen and oxygen atoms in total. The summed E-state index contributed by atoms with van der Waals surface area (Å²) in [5.41, 5.74) is 0.916. The van der Waals surface area contributed by atoms with E-state index in [9.17, 15) is 48.3 Å². The minimum absolute atomic E-state index is 0. The molecule has 0 bridgehead atoms. The summed E-state index contributed by atoms with van der Waals surface area (Å²) in [6.07, 6.45) is 28.4. The van der Waals surface area contributed by atoms with Gasteiger partial charge in [-0.25, -0.2) is 39.5 Å². The van der Waals surface area contributed by atoms with Crippen molar-refractivity contribution in [3.63, 3.8) is 0 Å². The van der Waals surface area contributed by atoms with Crippen LogP contribution in [0.5, 0.6) is 34.9 Å². The second-order valence-corrected chi connectivity index (χ2v) is 45.9. The monoisotopic (exact) mass is 2140 g/mol. The number of esters is 6. The topological polar surface area (TPSA) is 380 Å². The Morgan fingerprint density at radius 2 is 0.765 bits per heavy atom. The molecular weight excluding hydrogens is 1940 g/mol. The highest BCUT2D eigenvalue weighted by Gasteiger charge is 2.57. The van der Waals surface area contributed by atoms with E-state index < -0.39 is 105 Å². The number of unbranched alkanes of at least 4 members (excludes halogenated alkanes) is 3. The van der Waals surface area contributed by atoms with Crippen molar-refractivity contribution < 1.29 is 126 Å². The highest BCUT2D eigenvalue weighted by molar-refractivity contribution is 6.31. The predicted molar refractivity (Wildman–Crippen MR) is 592 cm³/mol. The van der Waals surface area contributed by atoms with E-state index in [1.165, 1.54) is 0 Å². The molecule has 2 N–H and O–H groups in total. The van der Waals surface area contributed by atoms with Gasteiger partial charge in [0.2, 0.25) is 17.7 Å². The summed E-state index contributed by atoms with van der Waals surface area (Å²) in [4.78, 5) is 150. The fourth-order valence-electron chi connectivity index (χ4n) is 21.5. The van der Waals surface area contributed by atoms with Crippen LogP contribution in [0, 0.1) is 69.5 Å². The number of hydrogen-bond donors (Lipinski definition) is 2. The Hall–Kier alpha value is -10.8. The van der Waals surface area contributed by atoms with Crippen LogP contribution < -0.4 is 33.7 Å². The second kappa shape index (κ2) is 53.0. The number of ether oxygens (including phenoxy) is 12. The average Bonchev–Trinajstić information content (AvgIpc) is 1.61. The summed E-state index contributed by atoms with van der Waals surface area (Å²) >= 11 is 12.8. The number of allylic oxidation sites excluding steroid dienone is 3. The number of halogens is 2. The quantitative estimate of drug-likeness (QED) is 0.0156. The van der Waals surface area contributed by atoms with Crippen molar-refractivity contribution in [3.8, 4) is 34.9 Å². The lowest BCUT2D eigenvalue weighted by molar-refractivity contribution is -0.167. The lowest BCUT2D eigenvalue weighted by atomic mass is 9.73. The summed E-state index contributed by atoms with van der Waals surface area (Å²) < 4.78 is 139. The summed E-state index contributed by atoms with van der Waals surface area (Å²) in [5.74, 6) is -2.99. The van der Waals surface area contributed by atoms with Gasteiger partial charge in [0, 0.05) is 63.3 Å².